The van der Waals surface area contributed by atoms with Gasteiger partial charge in [-0.05, 0) is 44.6 Å². The van der Waals surface area contributed by atoms with Crippen molar-refractivity contribution in [2.24, 2.45) is 28.8 Å². The number of imide groups is 1. The number of amides is 2. The second kappa shape index (κ2) is 8.13. The Balaban J connectivity index is 1.64. The summed E-state index contributed by atoms with van der Waals surface area (Å²) in [7, 11) is 0. The van der Waals surface area contributed by atoms with E-state index in [0.29, 0.717) is 12.0 Å². The molecular weight excluding hydrogens is 402 g/mol. The molecule has 2 bridgehead atoms. The number of benzene rings is 1. The summed E-state index contributed by atoms with van der Waals surface area (Å²) in [6.45, 7) is 5.79. The number of hydrogen-bond acceptors (Lipinski definition) is 7. The molecule has 0 spiro atoms. The second-order valence-electron chi connectivity index (χ2n) is 8.13. The van der Waals surface area contributed by atoms with Crippen LogP contribution in [0.3, 0.4) is 0 Å². The lowest BCUT2D eigenvalue weighted by Crippen LogP contribution is -2.28. The van der Waals surface area contributed by atoms with Crippen molar-refractivity contribution in [3.8, 4) is 11.5 Å². The van der Waals surface area contributed by atoms with Crippen LogP contribution in [0.25, 0.3) is 0 Å². The van der Waals surface area contributed by atoms with Crippen LogP contribution in [0.5, 0.6) is 11.5 Å². The van der Waals surface area contributed by atoms with Gasteiger partial charge in [0.05, 0.1) is 35.7 Å². The zero-order chi connectivity index (χ0) is 22.3. The zero-order valence-electron chi connectivity index (χ0n) is 17.7. The van der Waals surface area contributed by atoms with Crippen molar-refractivity contribution in [1.29, 1.82) is 0 Å². The van der Waals surface area contributed by atoms with Crippen LogP contribution in [0.15, 0.2) is 29.4 Å². The Morgan fingerprint density at radius 3 is 2.42 bits per heavy atom. The van der Waals surface area contributed by atoms with E-state index >= 15 is 0 Å². The smallest absolute Gasteiger partial charge is 0.315 e. The standard InChI is InChI=1S/C22H25N3O6/c1-4-12(3)31-20-16(25(28)29)8-13(9-17(20)30-5-2)11-23-24-21(26)18-14-6-7-15(10-14)19(18)22(24)27/h6-9,11-12,14-15,18-19H,4-5,10H2,1-3H3/t12-,14-,15-,18-,19+/m0/s1. The fourth-order valence-electron chi connectivity index (χ4n) is 4.61. The highest BCUT2D eigenvalue weighted by molar-refractivity contribution is 6.06. The van der Waals surface area contributed by atoms with Gasteiger partial charge in [-0.3, -0.25) is 19.7 Å². The summed E-state index contributed by atoms with van der Waals surface area (Å²) in [5, 5.41) is 16.7. The second-order valence-corrected chi connectivity index (χ2v) is 8.13. The van der Waals surface area contributed by atoms with Gasteiger partial charge in [0.1, 0.15) is 0 Å². The number of carbonyl (C=O) groups is 2. The Hall–Kier alpha value is -3.23. The van der Waals surface area contributed by atoms with Crippen LogP contribution in [-0.2, 0) is 9.59 Å². The largest absolute Gasteiger partial charge is 0.490 e. The number of rotatable bonds is 8. The monoisotopic (exact) mass is 427 g/mol. The van der Waals surface area contributed by atoms with Crippen molar-refractivity contribution in [3.05, 3.63) is 40.0 Å². The summed E-state index contributed by atoms with van der Waals surface area (Å²) in [6.07, 6.45) is 6.58. The fourth-order valence-corrected chi connectivity index (χ4v) is 4.61. The fraction of sp³-hybridized carbons (Fsp3) is 0.500. The minimum absolute atomic E-state index is 0.0591. The lowest BCUT2D eigenvalue weighted by molar-refractivity contribution is -0.386. The maximum atomic E-state index is 12.8. The Labute approximate surface area is 179 Å². The van der Waals surface area contributed by atoms with Gasteiger partial charge in [0.2, 0.25) is 5.75 Å². The third kappa shape index (κ3) is 3.58. The highest BCUT2D eigenvalue weighted by Gasteiger charge is 2.59. The van der Waals surface area contributed by atoms with Crippen LogP contribution in [0.2, 0.25) is 0 Å². The van der Waals surface area contributed by atoms with Gasteiger partial charge in [-0.15, -0.1) is 0 Å². The molecule has 164 valence electrons. The molecule has 4 rings (SSSR count). The number of nitro benzene ring substituents is 1. The summed E-state index contributed by atoms with van der Waals surface area (Å²) in [5.41, 5.74) is 0.0799. The van der Waals surface area contributed by atoms with E-state index in [-0.39, 0.29) is 65.4 Å². The molecule has 2 fully saturated rings. The molecule has 9 nitrogen and oxygen atoms in total. The summed E-state index contributed by atoms with van der Waals surface area (Å²) in [6, 6.07) is 2.87. The maximum absolute atomic E-state index is 12.8. The van der Waals surface area contributed by atoms with Gasteiger partial charge in [-0.1, -0.05) is 19.1 Å². The number of carbonyl (C=O) groups excluding carboxylic acids is 2. The molecule has 1 aliphatic heterocycles. The van der Waals surface area contributed by atoms with E-state index in [4.69, 9.17) is 9.47 Å². The van der Waals surface area contributed by atoms with Crippen molar-refractivity contribution in [2.75, 3.05) is 6.61 Å². The van der Waals surface area contributed by atoms with Crippen molar-refractivity contribution < 1.29 is 24.0 Å². The normalized spacial score (nSPS) is 27.3. The molecule has 31 heavy (non-hydrogen) atoms. The predicted octanol–water partition coefficient (Wildman–Crippen LogP) is 3.31. The molecule has 0 N–H and O–H groups in total. The first-order valence-electron chi connectivity index (χ1n) is 10.6. The maximum Gasteiger partial charge on any atom is 0.315 e. The average Bonchev–Trinajstić information content (AvgIpc) is 3.42. The molecule has 1 heterocycles. The quantitative estimate of drug-likeness (QED) is 0.207. The van der Waals surface area contributed by atoms with Gasteiger partial charge >= 0.3 is 5.69 Å². The molecule has 5 atom stereocenters. The summed E-state index contributed by atoms with van der Waals surface area (Å²) >= 11 is 0. The zero-order valence-corrected chi connectivity index (χ0v) is 17.7. The number of ether oxygens (including phenoxy) is 2. The van der Waals surface area contributed by atoms with Crippen LogP contribution >= 0.6 is 0 Å². The molecule has 1 aromatic rings. The summed E-state index contributed by atoms with van der Waals surface area (Å²) < 4.78 is 11.3. The molecule has 1 aromatic carbocycles. The van der Waals surface area contributed by atoms with Crippen molar-refractivity contribution in [1.82, 2.24) is 5.01 Å². The number of hydrazone groups is 1. The molecule has 0 unspecified atom stereocenters. The Kier molecular flexibility index (Phi) is 5.51. The van der Waals surface area contributed by atoms with Crippen molar-refractivity contribution in [3.63, 3.8) is 0 Å². The highest BCUT2D eigenvalue weighted by atomic mass is 16.6. The lowest BCUT2D eigenvalue weighted by atomic mass is 9.85. The van der Waals surface area contributed by atoms with Crippen molar-refractivity contribution in [2.45, 2.75) is 39.7 Å². The molecule has 3 aliphatic rings. The van der Waals surface area contributed by atoms with E-state index in [2.05, 4.69) is 5.10 Å². The van der Waals surface area contributed by atoms with Crippen molar-refractivity contribution >= 4 is 23.7 Å². The molecule has 2 amide bonds. The van der Waals surface area contributed by atoms with Gasteiger partial charge in [0.25, 0.3) is 11.8 Å². The van der Waals surface area contributed by atoms with E-state index in [1.807, 2.05) is 26.0 Å². The molecule has 0 radical (unpaired) electrons. The number of fused-ring (bicyclic) bond motifs is 5. The molecular formula is C22H25N3O6. The molecule has 0 aromatic heterocycles. The van der Waals surface area contributed by atoms with E-state index in [1.165, 1.54) is 12.3 Å². The van der Waals surface area contributed by atoms with Gasteiger partial charge in [-0.2, -0.15) is 10.1 Å². The summed E-state index contributed by atoms with van der Waals surface area (Å²) in [4.78, 5) is 36.7. The van der Waals surface area contributed by atoms with Crippen LogP contribution in [-0.4, -0.2) is 40.7 Å². The topological polar surface area (TPSA) is 111 Å². The van der Waals surface area contributed by atoms with Crippen LogP contribution in [0.4, 0.5) is 5.69 Å². The summed E-state index contributed by atoms with van der Waals surface area (Å²) in [5.74, 6) is -0.846. The minimum Gasteiger partial charge on any atom is -0.490 e. The molecule has 2 aliphatic carbocycles. The van der Waals surface area contributed by atoms with E-state index in [0.717, 1.165) is 11.4 Å². The lowest BCUT2D eigenvalue weighted by Gasteiger charge is -2.17. The number of hydrogen-bond donors (Lipinski definition) is 0. The first-order valence-corrected chi connectivity index (χ1v) is 10.6. The van der Waals surface area contributed by atoms with E-state index in [1.54, 1.807) is 13.0 Å². The average molecular weight is 427 g/mol. The Bertz CT molecular complexity index is 958. The Morgan fingerprint density at radius 1 is 1.23 bits per heavy atom. The predicted molar refractivity (Wildman–Crippen MR) is 112 cm³/mol. The van der Waals surface area contributed by atoms with E-state index in [9.17, 15) is 19.7 Å². The number of nitro groups is 1. The third-order valence-electron chi connectivity index (χ3n) is 6.22. The van der Waals surface area contributed by atoms with Gasteiger partial charge in [0.15, 0.2) is 5.75 Å². The first kappa shape index (κ1) is 21.0. The van der Waals surface area contributed by atoms with Gasteiger partial charge in [0, 0.05) is 11.6 Å². The highest BCUT2D eigenvalue weighted by Crippen LogP contribution is 2.52. The molecule has 1 saturated heterocycles. The minimum atomic E-state index is -0.544. The Morgan fingerprint density at radius 2 is 1.87 bits per heavy atom. The SMILES string of the molecule is CCOc1cc(C=NN2C(=O)[C@@H]3[C@H](C2=O)[C@H]2C=C[C@H]3C2)cc([N+](=O)[O-])c1O[C@@H](C)CC. The van der Waals surface area contributed by atoms with Gasteiger partial charge in [-0.25, -0.2) is 0 Å². The third-order valence-corrected chi connectivity index (χ3v) is 6.22. The van der Waals surface area contributed by atoms with Crippen LogP contribution in [0, 0.1) is 33.8 Å². The number of nitrogens with zero attached hydrogens (tertiary/aromatic N) is 3. The first-order chi connectivity index (χ1) is 14.8. The molecule has 9 heteroatoms. The van der Waals surface area contributed by atoms with Crippen LogP contribution < -0.4 is 9.47 Å². The van der Waals surface area contributed by atoms with Crippen LogP contribution in [0.1, 0.15) is 39.2 Å². The van der Waals surface area contributed by atoms with Gasteiger partial charge < -0.3 is 9.47 Å². The molecule has 1 saturated carbocycles. The number of allylic oxidation sites excluding steroid dienone is 2. The van der Waals surface area contributed by atoms with E-state index < -0.39 is 4.92 Å².